The van der Waals surface area contributed by atoms with Crippen LogP contribution in [0.3, 0.4) is 0 Å². The lowest BCUT2D eigenvalue weighted by atomic mass is 9.94. The van der Waals surface area contributed by atoms with Crippen molar-refractivity contribution in [2.45, 2.75) is 52.1 Å². The van der Waals surface area contributed by atoms with Crippen LogP contribution in [0.2, 0.25) is 0 Å². The van der Waals surface area contributed by atoms with Gasteiger partial charge in [0.15, 0.2) is 0 Å². The fourth-order valence-electron chi connectivity index (χ4n) is 3.55. The van der Waals surface area contributed by atoms with Gasteiger partial charge in [-0.3, -0.25) is 10.1 Å². The first-order chi connectivity index (χ1) is 11.1. The second-order valence-corrected chi connectivity index (χ2v) is 6.98. The van der Waals surface area contributed by atoms with E-state index in [0.717, 1.165) is 25.8 Å². The van der Waals surface area contributed by atoms with Crippen LogP contribution in [0, 0.1) is 5.92 Å². The number of carbonyl (C=O) groups excluding carboxylic acids is 1. The zero-order chi connectivity index (χ0) is 16.4. The summed E-state index contributed by atoms with van der Waals surface area (Å²) in [5.74, 6) is 0.686. The van der Waals surface area contributed by atoms with E-state index in [9.17, 15) is 4.79 Å². The zero-order valence-corrected chi connectivity index (χ0v) is 14.3. The van der Waals surface area contributed by atoms with Crippen LogP contribution < -0.4 is 10.6 Å². The Labute approximate surface area is 138 Å². The van der Waals surface area contributed by atoms with Gasteiger partial charge in [0, 0.05) is 29.7 Å². The molecule has 2 unspecified atom stereocenters. The molecule has 0 saturated carbocycles. The molecule has 124 valence electrons. The maximum atomic E-state index is 12.5. The van der Waals surface area contributed by atoms with E-state index >= 15 is 0 Å². The van der Waals surface area contributed by atoms with Gasteiger partial charge in [0.05, 0.1) is 6.04 Å². The minimum atomic E-state index is -0.170. The van der Waals surface area contributed by atoms with Crippen molar-refractivity contribution in [3.05, 3.63) is 35.5 Å². The molecule has 1 aromatic carbocycles. The van der Waals surface area contributed by atoms with Crippen molar-refractivity contribution >= 4 is 16.8 Å². The topological polar surface area (TPSA) is 56.9 Å². The molecule has 0 fully saturated rings. The summed E-state index contributed by atoms with van der Waals surface area (Å²) >= 11 is 0. The number of nitrogens with one attached hydrogen (secondary N) is 3. The lowest BCUT2D eigenvalue weighted by molar-refractivity contribution is -0.123. The molecule has 0 radical (unpaired) electrons. The van der Waals surface area contributed by atoms with Crippen LogP contribution in [0.4, 0.5) is 0 Å². The predicted octanol–water partition coefficient (Wildman–Crippen LogP) is 3.30. The number of hydrogen-bond acceptors (Lipinski definition) is 2. The lowest BCUT2D eigenvalue weighted by Gasteiger charge is -2.25. The summed E-state index contributed by atoms with van der Waals surface area (Å²) in [6.45, 7) is 7.28. The summed E-state index contributed by atoms with van der Waals surface area (Å²) in [6.07, 6.45) is 4.79. The van der Waals surface area contributed by atoms with Gasteiger partial charge in [-0.25, -0.2) is 0 Å². The Morgan fingerprint density at radius 2 is 2.22 bits per heavy atom. The number of hydrogen-bond donors (Lipinski definition) is 3. The normalized spacial score (nSPS) is 20.7. The summed E-state index contributed by atoms with van der Waals surface area (Å²) in [5, 5.41) is 7.97. The minimum absolute atomic E-state index is 0.114. The van der Waals surface area contributed by atoms with Crippen molar-refractivity contribution in [3.63, 3.8) is 0 Å². The van der Waals surface area contributed by atoms with Gasteiger partial charge in [-0.2, -0.15) is 0 Å². The average molecular weight is 313 g/mol. The van der Waals surface area contributed by atoms with E-state index in [1.165, 1.54) is 22.0 Å². The van der Waals surface area contributed by atoms with Gasteiger partial charge in [0.25, 0.3) is 0 Å². The standard InChI is InChI=1S/C19H27N3O/c1-4-8-20-19(23)17-10-13-11-21-15-7-5-6-14(18(13)15)16(22-17)9-12(2)3/h5-7,11-12,16-17,21-22H,4,8-10H2,1-3H3,(H,20,23). The number of carbonyl (C=O) groups is 1. The van der Waals surface area contributed by atoms with Crippen LogP contribution in [0.1, 0.15) is 50.8 Å². The molecule has 4 nitrogen and oxygen atoms in total. The highest BCUT2D eigenvalue weighted by atomic mass is 16.2. The van der Waals surface area contributed by atoms with E-state index in [4.69, 9.17) is 0 Å². The average Bonchev–Trinajstić information content (AvgIpc) is 2.86. The molecule has 2 heterocycles. The minimum Gasteiger partial charge on any atom is -0.361 e. The monoisotopic (exact) mass is 313 g/mol. The molecule has 4 heteroatoms. The SMILES string of the molecule is CCCNC(=O)C1Cc2c[nH]c3cccc(c23)C(CC(C)C)N1. The second kappa shape index (κ2) is 6.75. The van der Waals surface area contributed by atoms with Gasteiger partial charge in [0.1, 0.15) is 0 Å². The van der Waals surface area contributed by atoms with E-state index in [1.807, 2.05) is 0 Å². The van der Waals surface area contributed by atoms with Crippen LogP contribution in [-0.4, -0.2) is 23.5 Å². The molecule has 1 aromatic heterocycles. The van der Waals surface area contributed by atoms with Crippen molar-refractivity contribution in [2.75, 3.05) is 6.54 Å². The number of aromatic nitrogens is 1. The molecule has 1 amide bonds. The van der Waals surface area contributed by atoms with Crippen molar-refractivity contribution in [1.82, 2.24) is 15.6 Å². The Bertz CT molecular complexity index is 689. The summed E-state index contributed by atoms with van der Waals surface area (Å²) < 4.78 is 0. The third kappa shape index (κ3) is 3.27. The lowest BCUT2D eigenvalue weighted by Crippen LogP contribution is -2.46. The highest BCUT2D eigenvalue weighted by molar-refractivity contribution is 5.90. The maximum Gasteiger partial charge on any atom is 0.237 e. The Morgan fingerprint density at radius 1 is 1.39 bits per heavy atom. The van der Waals surface area contributed by atoms with Crippen LogP contribution >= 0.6 is 0 Å². The quantitative estimate of drug-likeness (QED) is 0.793. The summed E-state index contributed by atoms with van der Waals surface area (Å²) in [7, 11) is 0. The molecule has 0 spiro atoms. The molecule has 1 aliphatic heterocycles. The molecular weight excluding hydrogens is 286 g/mol. The molecule has 1 aliphatic rings. The van der Waals surface area contributed by atoms with E-state index < -0.39 is 0 Å². The van der Waals surface area contributed by atoms with Crippen LogP contribution in [0.5, 0.6) is 0 Å². The molecule has 3 rings (SSSR count). The first kappa shape index (κ1) is 16.1. The van der Waals surface area contributed by atoms with Crippen molar-refractivity contribution < 1.29 is 4.79 Å². The number of aromatic amines is 1. The van der Waals surface area contributed by atoms with E-state index in [0.29, 0.717) is 5.92 Å². The van der Waals surface area contributed by atoms with Gasteiger partial charge in [-0.1, -0.05) is 32.9 Å². The van der Waals surface area contributed by atoms with Gasteiger partial charge in [-0.15, -0.1) is 0 Å². The van der Waals surface area contributed by atoms with E-state index in [1.54, 1.807) is 0 Å². The van der Waals surface area contributed by atoms with E-state index in [2.05, 4.69) is 60.8 Å². The summed E-state index contributed by atoms with van der Waals surface area (Å²) in [6, 6.07) is 6.47. The van der Waals surface area contributed by atoms with Gasteiger partial charge < -0.3 is 10.3 Å². The van der Waals surface area contributed by atoms with Crippen molar-refractivity contribution in [3.8, 4) is 0 Å². The summed E-state index contributed by atoms with van der Waals surface area (Å²) in [4.78, 5) is 15.9. The number of rotatable bonds is 5. The molecule has 3 N–H and O–H groups in total. The number of amides is 1. The Hall–Kier alpha value is -1.81. The number of H-pyrrole nitrogens is 1. The smallest absolute Gasteiger partial charge is 0.237 e. The second-order valence-electron chi connectivity index (χ2n) is 6.98. The van der Waals surface area contributed by atoms with Gasteiger partial charge in [-0.05, 0) is 42.4 Å². The van der Waals surface area contributed by atoms with Crippen LogP contribution in [-0.2, 0) is 11.2 Å². The van der Waals surface area contributed by atoms with Crippen LogP contribution in [0.15, 0.2) is 24.4 Å². The molecule has 0 saturated heterocycles. The largest absolute Gasteiger partial charge is 0.361 e. The zero-order valence-electron chi connectivity index (χ0n) is 14.3. The Balaban J connectivity index is 1.97. The molecule has 0 aliphatic carbocycles. The maximum absolute atomic E-state index is 12.5. The van der Waals surface area contributed by atoms with Crippen molar-refractivity contribution in [1.29, 1.82) is 0 Å². The summed E-state index contributed by atoms with van der Waals surface area (Å²) in [5.41, 5.74) is 3.73. The fourth-order valence-corrected chi connectivity index (χ4v) is 3.55. The Kier molecular flexibility index (Phi) is 4.71. The van der Waals surface area contributed by atoms with Gasteiger partial charge >= 0.3 is 0 Å². The molecular formula is C19H27N3O. The van der Waals surface area contributed by atoms with Crippen molar-refractivity contribution in [2.24, 2.45) is 5.92 Å². The Morgan fingerprint density at radius 3 is 2.96 bits per heavy atom. The predicted molar refractivity (Wildman–Crippen MR) is 94.4 cm³/mol. The highest BCUT2D eigenvalue weighted by Crippen LogP contribution is 2.34. The van der Waals surface area contributed by atoms with Gasteiger partial charge in [0.2, 0.25) is 5.91 Å². The van der Waals surface area contributed by atoms with E-state index in [-0.39, 0.29) is 18.0 Å². The first-order valence-corrected chi connectivity index (χ1v) is 8.72. The molecule has 0 bridgehead atoms. The third-order valence-electron chi connectivity index (χ3n) is 4.59. The van der Waals surface area contributed by atoms with Crippen LogP contribution in [0.25, 0.3) is 10.9 Å². The molecule has 2 aromatic rings. The third-order valence-corrected chi connectivity index (χ3v) is 4.59. The number of benzene rings is 1. The first-order valence-electron chi connectivity index (χ1n) is 8.72. The fraction of sp³-hybridized carbons (Fsp3) is 0.526. The molecule has 2 atom stereocenters. The highest BCUT2D eigenvalue weighted by Gasteiger charge is 2.29. The molecule has 23 heavy (non-hydrogen) atoms.